The highest BCUT2D eigenvalue weighted by atomic mass is 127. The van der Waals surface area contributed by atoms with E-state index < -0.39 is 29.3 Å². The topological polar surface area (TPSA) is 71.0 Å². The zero-order valence-electron chi connectivity index (χ0n) is 20.5. The van der Waals surface area contributed by atoms with Gasteiger partial charge >= 0.3 is 0 Å². The Morgan fingerprint density at radius 3 is 2.31 bits per heavy atom. The first kappa shape index (κ1) is 28.1. The van der Waals surface area contributed by atoms with Crippen LogP contribution in [0, 0.1) is 21.0 Å². The molecule has 0 saturated carbocycles. The van der Waals surface area contributed by atoms with Gasteiger partial charge in [-0.2, -0.15) is 0 Å². The normalized spacial score (nSPS) is 16.7. The quantitative estimate of drug-likeness (QED) is 0.227. The number of β-amino-alcohol motifs (C(OH)–C–C–N with tert-alkyl or cyclic N) is 1. The van der Waals surface area contributed by atoms with Crippen molar-refractivity contribution in [2.24, 2.45) is 0 Å². The summed E-state index contributed by atoms with van der Waals surface area (Å²) in [7, 11) is 0. The second kappa shape index (κ2) is 11.7. The van der Waals surface area contributed by atoms with E-state index in [0.29, 0.717) is 28.7 Å². The molecule has 1 heterocycles. The van der Waals surface area contributed by atoms with E-state index >= 15 is 0 Å². The van der Waals surface area contributed by atoms with Gasteiger partial charge in [-0.3, -0.25) is 9.80 Å². The van der Waals surface area contributed by atoms with Crippen LogP contribution < -0.4 is 10.6 Å². The van der Waals surface area contributed by atoms with Crippen molar-refractivity contribution < 1.29 is 23.4 Å². The Balaban J connectivity index is 1.63. The fourth-order valence-corrected chi connectivity index (χ4v) is 4.92. The van der Waals surface area contributed by atoms with Crippen molar-refractivity contribution in [1.29, 1.82) is 0 Å². The first-order chi connectivity index (χ1) is 16.4. The van der Waals surface area contributed by atoms with Crippen LogP contribution >= 0.6 is 22.6 Å². The minimum atomic E-state index is -1.31. The van der Waals surface area contributed by atoms with Gasteiger partial charge in [-0.15, -0.1) is 0 Å². The summed E-state index contributed by atoms with van der Waals surface area (Å²) in [6, 6.07) is 7.33. The molecule has 1 aliphatic rings. The van der Waals surface area contributed by atoms with Gasteiger partial charge in [0.2, 0.25) is 0 Å². The van der Waals surface area contributed by atoms with Crippen LogP contribution in [-0.4, -0.2) is 70.4 Å². The average molecular weight is 606 g/mol. The minimum absolute atomic E-state index is 0.0375. The van der Waals surface area contributed by atoms with Gasteiger partial charge in [-0.25, -0.2) is 13.2 Å². The SMILES string of the molecule is CC(C)N(CCNCC1(O)CN(C(O)c2ccc(F)c(F)c2Nc2ccc(I)cc2F)C1)C(C)C. The van der Waals surface area contributed by atoms with E-state index in [1.165, 1.54) is 18.2 Å². The molecular formula is C25H34F3IN4O2. The molecule has 35 heavy (non-hydrogen) atoms. The fraction of sp³-hybridized carbons (Fsp3) is 0.520. The van der Waals surface area contributed by atoms with Crippen LogP contribution in [0.15, 0.2) is 30.3 Å². The third kappa shape index (κ3) is 6.86. The number of halogens is 4. The van der Waals surface area contributed by atoms with Crippen molar-refractivity contribution >= 4 is 34.0 Å². The molecule has 0 bridgehead atoms. The summed E-state index contributed by atoms with van der Waals surface area (Å²) in [6.45, 7) is 10.8. The molecule has 1 atom stereocenters. The van der Waals surface area contributed by atoms with E-state index in [1.54, 1.807) is 11.0 Å². The largest absolute Gasteiger partial charge is 0.386 e. The second-order valence-electron chi connectivity index (χ2n) is 9.68. The lowest BCUT2D eigenvalue weighted by molar-refractivity contribution is -0.160. The molecular weight excluding hydrogens is 572 g/mol. The summed E-state index contributed by atoms with van der Waals surface area (Å²) in [4.78, 5) is 3.90. The molecule has 6 nitrogen and oxygen atoms in total. The second-order valence-corrected chi connectivity index (χ2v) is 10.9. The minimum Gasteiger partial charge on any atom is -0.386 e. The Morgan fingerprint density at radius 2 is 1.71 bits per heavy atom. The number of anilines is 2. The molecule has 3 rings (SSSR count). The highest BCUT2D eigenvalue weighted by molar-refractivity contribution is 14.1. The van der Waals surface area contributed by atoms with Crippen LogP contribution in [-0.2, 0) is 0 Å². The van der Waals surface area contributed by atoms with Crippen LogP contribution in [0.2, 0.25) is 0 Å². The number of aliphatic hydroxyl groups excluding tert-OH is 1. The van der Waals surface area contributed by atoms with Gasteiger partial charge in [0.25, 0.3) is 0 Å². The molecule has 1 saturated heterocycles. The number of hydrogen-bond donors (Lipinski definition) is 4. The Hall–Kier alpha value is -1.44. The van der Waals surface area contributed by atoms with Gasteiger partial charge in [0.1, 0.15) is 17.6 Å². The van der Waals surface area contributed by atoms with Crippen LogP contribution in [0.1, 0.15) is 39.5 Å². The number of likely N-dealkylation sites (tertiary alicyclic amines) is 1. The molecule has 0 aliphatic carbocycles. The summed E-state index contributed by atoms with van der Waals surface area (Å²) in [6.07, 6.45) is -1.31. The maximum Gasteiger partial charge on any atom is 0.182 e. The summed E-state index contributed by atoms with van der Waals surface area (Å²) < 4.78 is 43.6. The molecule has 1 unspecified atom stereocenters. The lowest BCUT2D eigenvalue weighted by Crippen LogP contribution is -2.66. The summed E-state index contributed by atoms with van der Waals surface area (Å²) in [5.41, 5.74) is -1.37. The maximum atomic E-state index is 14.7. The van der Waals surface area contributed by atoms with Crippen molar-refractivity contribution in [2.45, 2.75) is 51.6 Å². The van der Waals surface area contributed by atoms with E-state index in [2.05, 4.69) is 43.2 Å². The van der Waals surface area contributed by atoms with Crippen molar-refractivity contribution in [2.75, 3.05) is 38.0 Å². The smallest absolute Gasteiger partial charge is 0.182 e. The molecule has 1 aliphatic heterocycles. The first-order valence-electron chi connectivity index (χ1n) is 11.7. The van der Waals surface area contributed by atoms with Gasteiger partial charge in [-0.05, 0) is 80.6 Å². The molecule has 0 amide bonds. The van der Waals surface area contributed by atoms with Gasteiger partial charge in [0.15, 0.2) is 11.6 Å². The number of rotatable bonds is 11. The standard InChI is InChI=1S/C25H34F3IN4O2/c1-15(2)33(16(3)4)10-9-30-12-25(35)13-32(14-25)24(34)18-6-7-19(26)22(28)23(18)31-21-8-5-17(29)11-20(21)27/h5-8,11,15-16,24,30-31,34-35H,9-10,12-14H2,1-4H3. The zero-order chi connectivity index (χ0) is 25.9. The number of nitrogens with zero attached hydrogens (tertiary/aromatic N) is 2. The van der Waals surface area contributed by atoms with E-state index in [4.69, 9.17) is 0 Å². The highest BCUT2D eigenvalue weighted by Gasteiger charge is 2.44. The van der Waals surface area contributed by atoms with Crippen LogP contribution in [0.3, 0.4) is 0 Å². The lowest BCUT2D eigenvalue weighted by atomic mass is 9.92. The van der Waals surface area contributed by atoms with Gasteiger partial charge in [0.05, 0.1) is 11.4 Å². The van der Waals surface area contributed by atoms with E-state index in [-0.39, 0.29) is 30.0 Å². The van der Waals surface area contributed by atoms with Gasteiger partial charge in [-0.1, -0.05) is 0 Å². The monoisotopic (exact) mass is 606 g/mol. The van der Waals surface area contributed by atoms with Crippen LogP contribution in [0.4, 0.5) is 24.5 Å². The molecule has 0 spiro atoms. The molecule has 0 radical (unpaired) electrons. The lowest BCUT2D eigenvalue weighted by Gasteiger charge is -2.49. The molecule has 10 heteroatoms. The third-order valence-corrected chi connectivity index (χ3v) is 6.94. The molecule has 0 aromatic heterocycles. The number of hydrogen-bond acceptors (Lipinski definition) is 6. The zero-order valence-corrected chi connectivity index (χ0v) is 22.6. The van der Waals surface area contributed by atoms with Crippen LogP contribution in [0.25, 0.3) is 0 Å². The van der Waals surface area contributed by atoms with E-state index in [1.807, 2.05) is 22.6 Å². The predicted molar refractivity (Wildman–Crippen MR) is 140 cm³/mol. The van der Waals surface area contributed by atoms with Crippen molar-refractivity contribution in [3.8, 4) is 0 Å². The molecule has 194 valence electrons. The number of benzene rings is 2. The maximum absolute atomic E-state index is 14.7. The Bertz CT molecular complexity index is 1010. The van der Waals surface area contributed by atoms with Gasteiger partial charge in [0, 0.05) is 53.9 Å². The molecule has 2 aromatic carbocycles. The van der Waals surface area contributed by atoms with Crippen molar-refractivity contribution in [1.82, 2.24) is 15.1 Å². The van der Waals surface area contributed by atoms with E-state index in [9.17, 15) is 23.4 Å². The first-order valence-corrected chi connectivity index (χ1v) is 12.8. The molecule has 1 fully saturated rings. The van der Waals surface area contributed by atoms with Crippen molar-refractivity contribution in [3.63, 3.8) is 0 Å². The van der Waals surface area contributed by atoms with E-state index in [0.717, 1.165) is 12.6 Å². The summed E-state index contributed by atoms with van der Waals surface area (Å²) in [5.74, 6) is -2.95. The number of aliphatic hydroxyl groups is 2. The van der Waals surface area contributed by atoms with Crippen LogP contribution in [0.5, 0.6) is 0 Å². The molecule has 4 N–H and O–H groups in total. The predicted octanol–water partition coefficient (Wildman–Crippen LogP) is 4.20. The van der Waals surface area contributed by atoms with Crippen molar-refractivity contribution in [3.05, 3.63) is 56.9 Å². The Labute approximate surface area is 218 Å². The van der Waals surface area contributed by atoms with Gasteiger partial charge < -0.3 is 20.8 Å². The summed E-state index contributed by atoms with van der Waals surface area (Å²) >= 11 is 1.95. The molecule has 2 aromatic rings. The Morgan fingerprint density at radius 1 is 1.06 bits per heavy atom. The fourth-order valence-electron chi connectivity index (χ4n) is 4.47. The highest BCUT2D eigenvalue weighted by Crippen LogP contribution is 2.36. The number of nitrogens with one attached hydrogen (secondary N) is 2. The summed E-state index contributed by atoms with van der Waals surface area (Å²) in [5, 5.41) is 27.6. The third-order valence-electron chi connectivity index (χ3n) is 6.26. The Kier molecular flexibility index (Phi) is 9.44. The average Bonchev–Trinajstić information content (AvgIpc) is 2.75.